The van der Waals surface area contributed by atoms with E-state index in [2.05, 4.69) is 22.8 Å². The van der Waals surface area contributed by atoms with E-state index in [0.29, 0.717) is 12.3 Å². The van der Waals surface area contributed by atoms with Crippen molar-refractivity contribution in [3.63, 3.8) is 0 Å². The maximum Gasteiger partial charge on any atom is 0.407 e. The SMILES string of the molecule is O=C(N[C@@H](CC1CC1)C(=O)NC1COCC1C(=O)O)OCC1c2ccccc2-c2ccccc21. The zero-order valence-corrected chi connectivity index (χ0v) is 18.7. The van der Waals surface area contributed by atoms with E-state index in [9.17, 15) is 19.5 Å². The second-order valence-corrected chi connectivity index (χ2v) is 9.30. The van der Waals surface area contributed by atoms with E-state index in [4.69, 9.17) is 9.47 Å². The van der Waals surface area contributed by atoms with Gasteiger partial charge in [0.15, 0.2) is 0 Å². The fraction of sp³-hybridized carbons (Fsp3) is 0.423. The minimum absolute atomic E-state index is 0.0629. The van der Waals surface area contributed by atoms with Crippen LogP contribution in [0.5, 0.6) is 0 Å². The largest absolute Gasteiger partial charge is 0.481 e. The fourth-order valence-electron chi connectivity index (χ4n) is 4.92. The van der Waals surface area contributed by atoms with E-state index in [0.717, 1.165) is 35.1 Å². The number of carbonyl (C=O) groups is 3. The van der Waals surface area contributed by atoms with Gasteiger partial charge in [-0.1, -0.05) is 61.4 Å². The first kappa shape index (κ1) is 22.4. The summed E-state index contributed by atoms with van der Waals surface area (Å²) in [5.41, 5.74) is 4.52. The van der Waals surface area contributed by atoms with Gasteiger partial charge in [0.2, 0.25) is 5.91 Å². The van der Waals surface area contributed by atoms with Crippen LogP contribution in [0.4, 0.5) is 4.79 Å². The molecule has 1 saturated heterocycles. The van der Waals surface area contributed by atoms with E-state index < -0.39 is 36.0 Å². The number of aliphatic carboxylic acids is 1. The third kappa shape index (κ3) is 4.63. The maximum atomic E-state index is 12.9. The molecule has 8 heteroatoms. The topological polar surface area (TPSA) is 114 Å². The van der Waals surface area contributed by atoms with Gasteiger partial charge < -0.3 is 25.2 Å². The molecule has 3 aliphatic rings. The van der Waals surface area contributed by atoms with Crippen LogP contribution in [0.1, 0.15) is 36.3 Å². The number of carboxylic acid groups (broad SMARTS) is 1. The lowest BCUT2D eigenvalue weighted by Gasteiger charge is -2.22. The number of benzene rings is 2. The lowest BCUT2D eigenvalue weighted by Crippen LogP contribution is -2.52. The predicted octanol–water partition coefficient (Wildman–Crippen LogP) is 2.91. The van der Waals surface area contributed by atoms with Crippen molar-refractivity contribution >= 4 is 18.0 Å². The summed E-state index contributed by atoms with van der Waals surface area (Å²) in [7, 11) is 0. The minimum atomic E-state index is -1.01. The Balaban J connectivity index is 1.22. The monoisotopic (exact) mass is 464 g/mol. The van der Waals surface area contributed by atoms with Crippen molar-refractivity contribution in [2.75, 3.05) is 19.8 Å². The highest BCUT2D eigenvalue weighted by Gasteiger charge is 2.38. The number of amides is 2. The molecule has 2 aromatic rings. The second-order valence-electron chi connectivity index (χ2n) is 9.30. The Labute approximate surface area is 197 Å². The number of ether oxygens (including phenoxy) is 2. The standard InChI is InChI=1S/C26H28N2O6/c29-24(27-23-14-33-12-21(23)25(30)31)22(11-15-9-10-15)28-26(32)34-13-20-18-7-3-1-5-16(18)17-6-2-4-8-19(17)20/h1-8,15,20-23H,9-14H2,(H,27,29)(H,28,32)(H,30,31)/t21?,22-,23?/m0/s1. The Hall–Kier alpha value is -3.39. The molecule has 2 aromatic carbocycles. The highest BCUT2D eigenvalue weighted by molar-refractivity contribution is 5.86. The highest BCUT2D eigenvalue weighted by Crippen LogP contribution is 2.44. The van der Waals surface area contributed by atoms with Crippen LogP contribution in [-0.2, 0) is 19.1 Å². The zero-order valence-electron chi connectivity index (χ0n) is 18.7. The summed E-state index contributed by atoms with van der Waals surface area (Å²) in [6, 6.07) is 14.8. The first-order valence-electron chi connectivity index (χ1n) is 11.7. The van der Waals surface area contributed by atoms with Gasteiger partial charge in [-0.2, -0.15) is 0 Å². The van der Waals surface area contributed by atoms with Gasteiger partial charge in [0.05, 0.1) is 19.3 Å². The summed E-state index contributed by atoms with van der Waals surface area (Å²) in [6.07, 6.45) is 1.88. The first-order valence-corrected chi connectivity index (χ1v) is 11.7. The van der Waals surface area contributed by atoms with Crippen molar-refractivity contribution in [2.24, 2.45) is 11.8 Å². The summed E-state index contributed by atoms with van der Waals surface area (Å²) in [5.74, 6) is -1.89. The third-order valence-corrected chi connectivity index (χ3v) is 6.94. The average Bonchev–Trinajstić information content (AvgIpc) is 3.43. The molecule has 2 unspecified atom stereocenters. The van der Waals surface area contributed by atoms with Gasteiger partial charge in [0, 0.05) is 5.92 Å². The van der Waals surface area contributed by atoms with Gasteiger partial charge >= 0.3 is 12.1 Å². The Kier molecular flexibility index (Phi) is 6.24. The number of fused-ring (bicyclic) bond motifs is 3. The molecule has 3 N–H and O–H groups in total. The van der Waals surface area contributed by atoms with E-state index in [1.165, 1.54) is 0 Å². The molecule has 1 heterocycles. The Bertz CT molecular complexity index is 1050. The van der Waals surface area contributed by atoms with E-state index >= 15 is 0 Å². The van der Waals surface area contributed by atoms with Gasteiger partial charge in [-0.25, -0.2) is 4.79 Å². The third-order valence-electron chi connectivity index (χ3n) is 6.94. The number of hydrogen-bond donors (Lipinski definition) is 3. The lowest BCUT2D eigenvalue weighted by molar-refractivity contribution is -0.142. The molecule has 34 heavy (non-hydrogen) atoms. The number of carboxylic acids is 1. The van der Waals surface area contributed by atoms with Gasteiger partial charge in [-0.3, -0.25) is 9.59 Å². The fourth-order valence-corrected chi connectivity index (χ4v) is 4.92. The van der Waals surface area contributed by atoms with Crippen LogP contribution in [0.15, 0.2) is 48.5 Å². The van der Waals surface area contributed by atoms with Crippen molar-refractivity contribution < 1.29 is 29.0 Å². The first-order chi connectivity index (χ1) is 16.5. The summed E-state index contributed by atoms with van der Waals surface area (Å²) in [4.78, 5) is 37.0. The quantitative estimate of drug-likeness (QED) is 0.554. The molecule has 1 aliphatic heterocycles. The van der Waals surface area contributed by atoms with E-state index in [-0.39, 0.29) is 25.7 Å². The van der Waals surface area contributed by atoms with E-state index in [1.54, 1.807) is 0 Å². The van der Waals surface area contributed by atoms with Gasteiger partial charge in [0.1, 0.15) is 18.6 Å². The van der Waals surface area contributed by atoms with Crippen molar-refractivity contribution in [3.8, 4) is 11.1 Å². The summed E-state index contributed by atoms with van der Waals surface area (Å²) in [6.45, 7) is 0.367. The van der Waals surface area contributed by atoms with Crippen molar-refractivity contribution in [1.29, 1.82) is 0 Å². The molecule has 3 atom stereocenters. The highest BCUT2D eigenvalue weighted by atomic mass is 16.5. The van der Waals surface area contributed by atoms with Crippen molar-refractivity contribution in [1.82, 2.24) is 10.6 Å². The summed E-state index contributed by atoms with van der Waals surface area (Å²) in [5, 5.41) is 14.8. The van der Waals surface area contributed by atoms with Crippen LogP contribution in [0.25, 0.3) is 11.1 Å². The van der Waals surface area contributed by atoms with Crippen LogP contribution < -0.4 is 10.6 Å². The number of alkyl carbamates (subject to hydrolysis) is 1. The molecule has 0 spiro atoms. The lowest BCUT2D eigenvalue weighted by atomic mass is 9.98. The molecule has 2 fully saturated rings. The predicted molar refractivity (Wildman–Crippen MR) is 123 cm³/mol. The number of rotatable bonds is 8. The smallest absolute Gasteiger partial charge is 0.407 e. The normalized spacial score (nSPS) is 21.9. The maximum absolute atomic E-state index is 12.9. The molecule has 2 amide bonds. The van der Waals surface area contributed by atoms with Gasteiger partial charge in [0.25, 0.3) is 0 Å². The Morgan fingerprint density at radius 1 is 1.00 bits per heavy atom. The van der Waals surface area contributed by atoms with Crippen LogP contribution in [0.3, 0.4) is 0 Å². The Morgan fingerprint density at radius 3 is 2.26 bits per heavy atom. The molecule has 178 valence electrons. The van der Waals surface area contributed by atoms with Gasteiger partial charge in [-0.05, 0) is 34.6 Å². The number of carbonyl (C=O) groups excluding carboxylic acids is 2. The second kappa shape index (κ2) is 9.46. The molecular formula is C26H28N2O6. The minimum Gasteiger partial charge on any atom is -0.481 e. The molecular weight excluding hydrogens is 436 g/mol. The molecule has 0 radical (unpaired) electrons. The summed E-state index contributed by atoms with van der Waals surface area (Å²) < 4.78 is 10.8. The van der Waals surface area contributed by atoms with Crippen LogP contribution >= 0.6 is 0 Å². The van der Waals surface area contributed by atoms with Crippen LogP contribution in [-0.4, -0.2) is 55.0 Å². The van der Waals surface area contributed by atoms with Crippen LogP contribution in [0.2, 0.25) is 0 Å². The molecule has 0 aromatic heterocycles. The molecule has 5 rings (SSSR count). The van der Waals surface area contributed by atoms with Crippen LogP contribution in [0, 0.1) is 11.8 Å². The van der Waals surface area contributed by atoms with Crippen molar-refractivity contribution in [3.05, 3.63) is 59.7 Å². The average molecular weight is 465 g/mol. The molecule has 0 bridgehead atoms. The van der Waals surface area contributed by atoms with E-state index in [1.807, 2.05) is 36.4 Å². The number of hydrogen-bond acceptors (Lipinski definition) is 5. The molecule has 1 saturated carbocycles. The molecule has 8 nitrogen and oxygen atoms in total. The number of nitrogens with one attached hydrogen (secondary N) is 2. The van der Waals surface area contributed by atoms with Crippen molar-refractivity contribution in [2.45, 2.75) is 37.3 Å². The Morgan fingerprint density at radius 2 is 1.65 bits per heavy atom. The molecule has 2 aliphatic carbocycles. The summed E-state index contributed by atoms with van der Waals surface area (Å²) >= 11 is 0. The zero-order chi connectivity index (χ0) is 23.7. The van der Waals surface area contributed by atoms with Gasteiger partial charge in [-0.15, -0.1) is 0 Å².